The molecule has 0 aromatic heterocycles. The van der Waals surface area contributed by atoms with Crippen LogP contribution in [0.1, 0.15) is 89.2 Å². The van der Waals surface area contributed by atoms with Crippen LogP contribution in [0.25, 0.3) is 5.76 Å². The van der Waals surface area contributed by atoms with Crippen molar-refractivity contribution < 1.29 is 39.6 Å². The maximum absolute atomic E-state index is 14.3. The number of aromatic hydroxyl groups is 1. The summed E-state index contributed by atoms with van der Waals surface area (Å²) in [6.07, 6.45) is 1.000. The molecule has 4 rings (SSSR count). The van der Waals surface area contributed by atoms with E-state index in [4.69, 9.17) is 0 Å². The number of Topliss-reactive ketones (excluding diaryl/α,β-unsaturated/α-hetero) is 4. The largest absolute Gasteiger partial charge is 0.508 e. The molecule has 0 bridgehead atoms. The average molecular weight is 539 g/mol. The van der Waals surface area contributed by atoms with Gasteiger partial charge >= 0.3 is 0 Å². The lowest BCUT2D eigenvalue weighted by atomic mass is 9.43. The molecule has 1 aromatic carbocycles. The van der Waals surface area contributed by atoms with E-state index in [1.54, 1.807) is 27.7 Å². The Morgan fingerprint density at radius 1 is 1.05 bits per heavy atom. The number of phenolic OH excluding ortho intramolecular Hbond substituents is 1. The Morgan fingerprint density at radius 3 is 2.21 bits per heavy atom. The van der Waals surface area contributed by atoms with E-state index in [-0.39, 0.29) is 41.9 Å². The van der Waals surface area contributed by atoms with Crippen molar-refractivity contribution in [2.24, 2.45) is 28.6 Å². The third kappa shape index (κ3) is 3.82. The van der Waals surface area contributed by atoms with Gasteiger partial charge in [0.1, 0.15) is 22.8 Å². The third-order valence-corrected chi connectivity index (χ3v) is 9.14. The van der Waals surface area contributed by atoms with Crippen LogP contribution in [0.3, 0.4) is 0 Å². The number of benzene rings is 1. The van der Waals surface area contributed by atoms with Crippen LogP contribution in [0.5, 0.6) is 5.75 Å². The molecular formula is C31H38O8. The van der Waals surface area contributed by atoms with Gasteiger partial charge in [-0.1, -0.05) is 41.5 Å². The van der Waals surface area contributed by atoms with Crippen molar-refractivity contribution in [3.05, 3.63) is 45.7 Å². The van der Waals surface area contributed by atoms with E-state index in [1.165, 1.54) is 12.1 Å². The van der Waals surface area contributed by atoms with Crippen LogP contribution in [0, 0.1) is 28.6 Å². The summed E-state index contributed by atoms with van der Waals surface area (Å²) in [5.74, 6) is -5.57. The van der Waals surface area contributed by atoms with Crippen molar-refractivity contribution >= 4 is 28.9 Å². The zero-order valence-electron chi connectivity index (χ0n) is 23.6. The zero-order valence-corrected chi connectivity index (χ0v) is 23.6. The van der Waals surface area contributed by atoms with Gasteiger partial charge in [-0.25, -0.2) is 0 Å². The Kier molecular flexibility index (Phi) is 6.74. The minimum Gasteiger partial charge on any atom is -0.508 e. The van der Waals surface area contributed by atoms with Crippen LogP contribution >= 0.6 is 0 Å². The number of hydrogen-bond donors (Lipinski definition) is 4. The van der Waals surface area contributed by atoms with Crippen molar-refractivity contribution in [1.82, 2.24) is 0 Å². The summed E-state index contributed by atoms with van der Waals surface area (Å²) >= 11 is 0. The number of phenols is 1. The molecule has 1 unspecified atom stereocenters. The van der Waals surface area contributed by atoms with Crippen molar-refractivity contribution in [3.8, 4) is 5.75 Å². The van der Waals surface area contributed by atoms with E-state index in [2.05, 4.69) is 0 Å². The molecule has 0 amide bonds. The number of rotatable bonds is 6. The predicted molar refractivity (Wildman–Crippen MR) is 144 cm³/mol. The molecule has 3 aliphatic rings. The van der Waals surface area contributed by atoms with Crippen molar-refractivity contribution in [2.45, 2.75) is 79.8 Å². The Morgan fingerprint density at radius 2 is 1.67 bits per heavy atom. The molecule has 0 saturated heterocycles. The van der Waals surface area contributed by atoms with Crippen LogP contribution in [-0.2, 0) is 20.8 Å². The molecule has 4 atom stereocenters. The van der Waals surface area contributed by atoms with E-state index >= 15 is 0 Å². The number of hydrogen-bond acceptors (Lipinski definition) is 8. The minimum absolute atomic E-state index is 0.0137. The summed E-state index contributed by atoms with van der Waals surface area (Å²) in [6.45, 7) is 11.9. The van der Waals surface area contributed by atoms with Crippen LogP contribution in [0.4, 0.5) is 0 Å². The topological polar surface area (TPSA) is 149 Å². The number of allylic oxidation sites excluding steroid dienone is 1. The second-order valence-electron chi connectivity index (χ2n) is 12.8. The molecular weight excluding hydrogens is 500 g/mol. The van der Waals surface area contributed by atoms with Crippen LogP contribution in [-0.4, -0.2) is 49.2 Å². The van der Waals surface area contributed by atoms with Gasteiger partial charge in [0.2, 0.25) is 5.78 Å². The lowest BCUT2D eigenvalue weighted by Crippen LogP contribution is -2.69. The summed E-state index contributed by atoms with van der Waals surface area (Å²) in [7, 11) is 0. The monoisotopic (exact) mass is 538 g/mol. The smallest absolute Gasteiger partial charge is 0.203 e. The first-order valence-electron chi connectivity index (χ1n) is 13.5. The second kappa shape index (κ2) is 9.15. The Labute approximate surface area is 228 Å². The van der Waals surface area contributed by atoms with Gasteiger partial charge in [-0.15, -0.1) is 0 Å². The maximum Gasteiger partial charge on any atom is 0.203 e. The van der Waals surface area contributed by atoms with E-state index in [9.17, 15) is 39.6 Å². The van der Waals surface area contributed by atoms with Gasteiger partial charge in [0, 0.05) is 34.3 Å². The first-order chi connectivity index (χ1) is 17.9. The van der Waals surface area contributed by atoms with Crippen molar-refractivity contribution in [1.29, 1.82) is 0 Å². The third-order valence-electron chi connectivity index (χ3n) is 9.14. The first-order valence-corrected chi connectivity index (χ1v) is 13.5. The Balaban J connectivity index is 2.01. The van der Waals surface area contributed by atoms with Crippen molar-refractivity contribution in [3.63, 3.8) is 0 Å². The number of ketones is 4. The standard InChI is InChI=1S/C31H38O8/c1-14(2)8-10-19(33)17-9-11-20(34)22-18(17)12-29(6)13-30(7)23(15(3)4)25(35)21(16(5)32)27(37)31(30,39)28(38)24(29)26(22)36/h9,11,14-15,23,34,36-37,39H,8,10,12-13H2,1-7H3/t23?,29-,30-,31+/m1/s1. The molecule has 39 heavy (non-hydrogen) atoms. The minimum atomic E-state index is -2.66. The molecule has 0 radical (unpaired) electrons. The lowest BCUT2D eigenvalue weighted by molar-refractivity contribution is -0.178. The summed E-state index contributed by atoms with van der Waals surface area (Å²) in [5.41, 5.74) is -5.47. The van der Waals surface area contributed by atoms with Gasteiger partial charge in [0.05, 0.1) is 5.56 Å². The van der Waals surface area contributed by atoms with Crippen LogP contribution in [0.2, 0.25) is 0 Å². The van der Waals surface area contributed by atoms with Gasteiger partial charge in [0.15, 0.2) is 23.0 Å². The molecule has 0 heterocycles. The highest BCUT2D eigenvalue weighted by Crippen LogP contribution is 2.65. The molecule has 8 heteroatoms. The van der Waals surface area contributed by atoms with Gasteiger partial charge < -0.3 is 20.4 Å². The Bertz CT molecular complexity index is 1380. The summed E-state index contributed by atoms with van der Waals surface area (Å²) in [6, 6.07) is 2.82. The summed E-state index contributed by atoms with van der Waals surface area (Å²) < 4.78 is 0. The SMILES string of the molecule is CC(=O)C1=C(O)[C@]2(O)C(=O)C3=C(O)c4c(O)ccc(C(=O)CCC(C)C)c4C[C@]3(C)C[C@]2(C)C(C(C)C)C1=O. The summed E-state index contributed by atoms with van der Waals surface area (Å²) in [5, 5.41) is 45.5. The zero-order chi connectivity index (χ0) is 29.4. The number of aliphatic hydroxyl groups is 3. The molecule has 0 aliphatic heterocycles. The molecule has 1 aromatic rings. The van der Waals surface area contributed by atoms with Gasteiger partial charge in [-0.05, 0) is 55.7 Å². The van der Waals surface area contributed by atoms with E-state index in [1.807, 2.05) is 13.8 Å². The van der Waals surface area contributed by atoms with E-state index in [0.717, 1.165) is 6.92 Å². The van der Waals surface area contributed by atoms with E-state index < -0.39 is 62.7 Å². The molecule has 0 spiro atoms. The van der Waals surface area contributed by atoms with Crippen LogP contribution in [0.15, 0.2) is 29.0 Å². The average Bonchev–Trinajstić information content (AvgIpc) is 2.79. The molecule has 1 saturated carbocycles. The molecule has 3 aliphatic carbocycles. The maximum atomic E-state index is 14.3. The number of carbonyl (C=O) groups is 4. The van der Waals surface area contributed by atoms with Crippen LogP contribution < -0.4 is 0 Å². The highest BCUT2D eigenvalue weighted by Gasteiger charge is 2.72. The normalized spacial score (nSPS) is 30.5. The van der Waals surface area contributed by atoms with Gasteiger partial charge in [-0.3, -0.25) is 19.2 Å². The Hall–Kier alpha value is -3.26. The highest BCUT2D eigenvalue weighted by molar-refractivity contribution is 6.24. The van der Waals surface area contributed by atoms with Gasteiger partial charge in [-0.2, -0.15) is 0 Å². The quantitative estimate of drug-likeness (QED) is 0.298. The fourth-order valence-electron chi connectivity index (χ4n) is 7.53. The fraction of sp³-hybridized carbons (Fsp3) is 0.548. The molecule has 1 fully saturated rings. The fourth-order valence-corrected chi connectivity index (χ4v) is 7.53. The highest BCUT2D eigenvalue weighted by atomic mass is 16.3. The van der Waals surface area contributed by atoms with Gasteiger partial charge in [0.25, 0.3) is 0 Å². The molecule has 4 N–H and O–H groups in total. The molecule has 8 nitrogen and oxygen atoms in total. The number of aliphatic hydroxyl groups excluding tert-OH is 2. The number of fused-ring (bicyclic) bond motifs is 3. The van der Waals surface area contributed by atoms with Crippen molar-refractivity contribution in [2.75, 3.05) is 0 Å². The second-order valence-corrected chi connectivity index (χ2v) is 12.8. The first kappa shape index (κ1) is 28.7. The summed E-state index contributed by atoms with van der Waals surface area (Å²) in [4.78, 5) is 53.5. The molecule has 210 valence electrons. The lowest BCUT2D eigenvalue weighted by Gasteiger charge is -2.59. The predicted octanol–water partition coefficient (Wildman–Crippen LogP) is 4.81. The van der Waals surface area contributed by atoms with E-state index in [0.29, 0.717) is 23.5 Å². The number of carbonyl (C=O) groups excluding carboxylic acids is 4.